The number of hydrogen-bond acceptors (Lipinski definition) is 7. The average molecular weight is 507 g/mol. The maximum Gasteiger partial charge on any atom is 0.349 e. The summed E-state index contributed by atoms with van der Waals surface area (Å²) in [7, 11) is 0. The molecule has 3 aromatic rings. The SMILES string of the molecule is O=C(NC1(O)CCCCC1)c1cc(Oc2c(Cl)cc(-n3ncc(=O)[nH]c3=O)cc2Cl)ccc1O. The predicted octanol–water partition coefficient (Wildman–Crippen LogP) is 3.11. The van der Waals surface area contributed by atoms with Crippen molar-refractivity contribution in [3.05, 3.63) is 73.0 Å². The van der Waals surface area contributed by atoms with Crippen molar-refractivity contribution < 1.29 is 19.7 Å². The van der Waals surface area contributed by atoms with Crippen LogP contribution in [0, 0.1) is 0 Å². The lowest BCUT2D eigenvalue weighted by molar-refractivity contribution is -0.0220. The quantitative estimate of drug-likeness (QED) is 0.388. The average Bonchev–Trinajstić information content (AvgIpc) is 2.77. The lowest BCUT2D eigenvalue weighted by atomic mass is 9.91. The predicted molar refractivity (Wildman–Crippen MR) is 124 cm³/mol. The third kappa shape index (κ3) is 5.09. The number of hydrogen-bond donors (Lipinski definition) is 4. The Morgan fingerprint density at radius 3 is 2.44 bits per heavy atom. The molecule has 1 aromatic heterocycles. The van der Waals surface area contributed by atoms with E-state index in [0.717, 1.165) is 30.1 Å². The molecule has 1 aliphatic carbocycles. The summed E-state index contributed by atoms with van der Waals surface area (Å²) in [5.74, 6) is -0.759. The minimum Gasteiger partial charge on any atom is -0.507 e. The van der Waals surface area contributed by atoms with Gasteiger partial charge in [0.1, 0.15) is 23.4 Å². The Hall–Kier alpha value is -3.34. The topological polar surface area (TPSA) is 147 Å². The molecule has 4 N–H and O–H groups in total. The number of nitrogens with one attached hydrogen (secondary N) is 2. The summed E-state index contributed by atoms with van der Waals surface area (Å²) in [5, 5.41) is 27.2. The van der Waals surface area contributed by atoms with Gasteiger partial charge in [0.25, 0.3) is 11.5 Å². The summed E-state index contributed by atoms with van der Waals surface area (Å²) in [5.41, 5.74) is -2.66. The van der Waals surface area contributed by atoms with Crippen molar-refractivity contribution in [1.82, 2.24) is 20.1 Å². The van der Waals surface area contributed by atoms with Crippen LogP contribution in [0.25, 0.3) is 5.69 Å². The van der Waals surface area contributed by atoms with Gasteiger partial charge in [0.15, 0.2) is 5.75 Å². The van der Waals surface area contributed by atoms with Crippen molar-refractivity contribution in [2.24, 2.45) is 0 Å². The number of benzene rings is 2. The van der Waals surface area contributed by atoms with E-state index in [1.807, 2.05) is 0 Å². The Balaban J connectivity index is 1.60. The first-order valence-corrected chi connectivity index (χ1v) is 11.1. The first-order chi connectivity index (χ1) is 16.1. The summed E-state index contributed by atoms with van der Waals surface area (Å²) in [6.07, 6.45) is 4.36. The van der Waals surface area contributed by atoms with Crippen LogP contribution in [0.1, 0.15) is 42.5 Å². The zero-order chi connectivity index (χ0) is 24.5. The van der Waals surface area contributed by atoms with Gasteiger partial charge >= 0.3 is 5.69 Å². The van der Waals surface area contributed by atoms with Gasteiger partial charge in [-0.2, -0.15) is 9.78 Å². The number of phenols is 1. The molecule has 1 aliphatic rings. The van der Waals surface area contributed by atoms with Crippen molar-refractivity contribution in [2.45, 2.75) is 37.8 Å². The standard InChI is InChI=1S/C22H20Cl2N4O6/c23-15-8-12(28-21(32)26-18(30)11-25-28)9-16(24)19(15)34-13-4-5-17(29)14(10-13)20(31)27-22(33)6-2-1-3-7-22/h4-5,8-11,29,33H,1-3,6-7H2,(H,27,31)(H,26,30,32). The van der Waals surface area contributed by atoms with E-state index in [4.69, 9.17) is 27.9 Å². The highest BCUT2D eigenvalue weighted by Crippen LogP contribution is 2.39. The molecule has 0 aliphatic heterocycles. The number of aromatic hydroxyl groups is 1. The number of H-pyrrole nitrogens is 1. The van der Waals surface area contributed by atoms with Gasteiger partial charge in [-0.3, -0.25) is 14.6 Å². The lowest BCUT2D eigenvalue weighted by Gasteiger charge is -2.32. The highest BCUT2D eigenvalue weighted by atomic mass is 35.5. The molecule has 34 heavy (non-hydrogen) atoms. The Bertz CT molecular complexity index is 1340. The second-order valence-electron chi connectivity index (χ2n) is 7.92. The van der Waals surface area contributed by atoms with Crippen molar-refractivity contribution in [1.29, 1.82) is 0 Å². The first kappa shape index (κ1) is 23.8. The fourth-order valence-electron chi connectivity index (χ4n) is 3.72. The first-order valence-electron chi connectivity index (χ1n) is 10.4. The number of carbonyl (C=O) groups is 1. The molecule has 12 heteroatoms. The fraction of sp³-hybridized carbons (Fsp3) is 0.273. The number of rotatable bonds is 5. The molecule has 1 heterocycles. The summed E-state index contributed by atoms with van der Waals surface area (Å²) in [6, 6.07) is 6.71. The molecule has 4 rings (SSSR count). The molecule has 0 bridgehead atoms. The van der Waals surface area contributed by atoms with E-state index >= 15 is 0 Å². The lowest BCUT2D eigenvalue weighted by Crippen LogP contribution is -2.49. The molecular weight excluding hydrogens is 487 g/mol. The van der Waals surface area contributed by atoms with E-state index in [1.165, 1.54) is 30.3 Å². The number of amides is 1. The van der Waals surface area contributed by atoms with Crippen LogP contribution < -0.4 is 21.3 Å². The molecule has 0 spiro atoms. The minimum atomic E-state index is -1.32. The van der Waals surface area contributed by atoms with Gasteiger partial charge in [-0.15, -0.1) is 0 Å². The van der Waals surface area contributed by atoms with Crippen LogP contribution in [0.4, 0.5) is 0 Å². The number of halogens is 2. The van der Waals surface area contributed by atoms with E-state index < -0.39 is 22.9 Å². The van der Waals surface area contributed by atoms with Gasteiger partial charge in [-0.1, -0.05) is 29.6 Å². The van der Waals surface area contributed by atoms with Crippen molar-refractivity contribution in [3.63, 3.8) is 0 Å². The van der Waals surface area contributed by atoms with Crippen LogP contribution in [-0.4, -0.2) is 36.6 Å². The van der Waals surface area contributed by atoms with Gasteiger partial charge < -0.3 is 20.3 Å². The van der Waals surface area contributed by atoms with Crippen LogP contribution in [0.3, 0.4) is 0 Å². The van der Waals surface area contributed by atoms with E-state index in [2.05, 4.69) is 15.4 Å². The highest BCUT2D eigenvalue weighted by molar-refractivity contribution is 6.37. The van der Waals surface area contributed by atoms with Crippen molar-refractivity contribution in [3.8, 4) is 22.9 Å². The number of nitrogens with zero attached hydrogens (tertiary/aromatic N) is 2. The molecule has 0 atom stereocenters. The summed E-state index contributed by atoms with van der Waals surface area (Å²) in [6.45, 7) is 0. The van der Waals surface area contributed by atoms with Crippen LogP contribution >= 0.6 is 23.2 Å². The zero-order valence-electron chi connectivity index (χ0n) is 17.7. The van der Waals surface area contributed by atoms with Gasteiger partial charge in [0.05, 0.1) is 21.3 Å². The Kier molecular flexibility index (Phi) is 6.65. The summed E-state index contributed by atoms with van der Waals surface area (Å²) in [4.78, 5) is 38.0. The minimum absolute atomic E-state index is 0.0259. The molecule has 0 saturated heterocycles. The molecule has 178 valence electrons. The van der Waals surface area contributed by atoms with Gasteiger partial charge in [0, 0.05) is 0 Å². The molecular formula is C22H20Cl2N4O6. The van der Waals surface area contributed by atoms with E-state index in [1.54, 1.807) is 0 Å². The largest absolute Gasteiger partial charge is 0.507 e. The number of ether oxygens (including phenoxy) is 1. The van der Waals surface area contributed by atoms with Crippen LogP contribution in [0.2, 0.25) is 10.0 Å². The Morgan fingerprint density at radius 2 is 1.79 bits per heavy atom. The second kappa shape index (κ2) is 9.49. The van der Waals surface area contributed by atoms with Gasteiger partial charge in [-0.25, -0.2) is 4.79 Å². The monoisotopic (exact) mass is 506 g/mol. The van der Waals surface area contributed by atoms with Crippen molar-refractivity contribution >= 4 is 29.1 Å². The van der Waals surface area contributed by atoms with Gasteiger partial charge in [-0.05, 0) is 56.0 Å². The molecule has 0 radical (unpaired) electrons. The highest BCUT2D eigenvalue weighted by Gasteiger charge is 2.31. The molecule has 1 saturated carbocycles. The van der Waals surface area contributed by atoms with Gasteiger partial charge in [0.2, 0.25) is 0 Å². The Morgan fingerprint density at radius 1 is 1.12 bits per heavy atom. The molecule has 1 fully saturated rings. The smallest absolute Gasteiger partial charge is 0.349 e. The summed E-state index contributed by atoms with van der Waals surface area (Å²) >= 11 is 12.6. The van der Waals surface area contributed by atoms with Crippen LogP contribution in [0.5, 0.6) is 17.2 Å². The van der Waals surface area contributed by atoms with E-state index in [9.17, 15) is 24.6 Å². The van der Waals surface area contributed by atoms with E-state index in [-0.39, 0.29) is 38.5 Å². The van der Waals surface area contributed by atoms with Crippen LogP contribution in [-0.2, 0) is 0 Å². The number of aromatic nitrogens is 3. The third-order valence-electron chi connectivity index (χ3n) is 5.40. The maximum atomic E-state index is 12.7. The van der Waals surface area contributed by atoms with Crippen molar-refractivity contribution in [2.75, 3.05) is 0 Å². The van der Waals surface area contributed by atoms with Crippen LogP contribution in [0.15, 0.2) is 46.1 Å². The second-order valence-corrected chi connectivity index (χ2v) is 8.73. The number of aliphatic hydroxyl groups is 1. The number of aromatic amines is 1. The number of phenolic OH excluding ortho intramolecular Hbond substituents is 1. The molecule has 1 amide bonds. The van der Waals surface area contributed by atoms with E-state index in [0.29, 0.717) is 12.8 Å². The zero-order valence-corrected chi connectivity index (χ0v) is 19.2. The number of carbonyl (C=O) groups excluding carboxylic acids is 1. The molecule has 0 unspecified atom stereocenters. The Labute approximate surface area is 202 Å². The molecule has 10 nitrogen and oxygen atoms in total. The normalized spacial score (nSPS) is 15.0. The third-order valence-corrected chi connectivity index (χ3v) is 5.96. The molecule has 2 aromatic carbocycles. The summed E-state index contributed by atoms with van der Waals surface area (Å²) < 4.78 is 6.66. The maximum absolute atomic E-state index is 12.7. The fourth-order valence-corrected chi connectivity index (χ4v) is 4.27.